The van der Waals surface area contributed by atoms with Crippen LogP contribution in [0.2, 0.25) is 0 Å². The second kappa shape index (κ2) is 10.1. The summed E-state index contributed by atoms with van der Waals surface area (Å²) in [5, 5.41) is 12.7. The van der Waals surface area contributed by atoms with Crippen molar-refractivity contribution >= 4 is 0 Å². The maximum atomic E-state index is 13.3. The van der Waals surface area contributed by atoms with E-state index in [1.54, 1.807) is 12.1 Å². The van der Waals surface area contributed by atoms with Crippen molar-refractivity contribution in [2.24, 2.45) is 5.92 Å². The van der Waals surface area contributed by atoms with Crippen molar-refractivity contribution < 1.29 is 4.39 Å². The second-order valence-corrected chi connectivity index (χ2v) is 8.76. The van der Waals surface area contributed by atoms with Crippen LogP contribution >= 0.6 is 0 Å². The fraction of sp³-hybridized carbons (Fsp3) is 0.458. The molecule has 7 heteroatoms. The van der Waals surface area contributed by atoms with Gasteiger partial charge in [0.05, 0.1) is 12.6 Å². The first-order valence-electron chi connectivity index (χ1n) is 11.1. The highest BCUT2D eigenvalue weighted by molar-refractivity contribution is 5.17. The zero-order chi connectivity index (χ0) is 21.6. The molecule has 0 bridgehead atoms. The Labute approximate surface area is 183 Å². The molecule has 1 atom stereocenters. The van der Waals surface area contributed by atoms with Crippen LogP contribution in [0.4, 0.5) is 4.39 Å². The first kappa shape index (κ1) is 21.6. The van der Waals surface area contributed by atoms with E-state index in [9.17, 15) is 4.39 Å². The van der Waals surface area contributed by atoms with Gasteiger partial charge in [-0.1, -0.05) is 56.3 Å². The molecule has 0 spiro atoms. The van der Waals surface area contributed by atoms with E-state index in [0.717, 1.165) is 50.5 Å². The molecule has 2 aromatic carbocycles. The standard InChI is InChI=1S/C24H31FN6/c1-19(2)16-23(24-26-27-28-31(24)18-21-8-10-22(25)11-9-21)30-14-12-29(13-15-30)17-20-6-4-3-5-7-20/h3-11,19,23H,12-18H2,1-2H3/t23-/m0/s1. The number of hydrogen-bond donors (Lipinski definition) is 0. The van der Waals surface area contributed by atoms with Crippen LogP contribution in [-0.2, 0) is 13.1 Å². The number of halogens is 1. The minimum atomic E-state index is -0.230. The summed E-state index contributed by atoms with van der Waals surface area (Å²) in [6.45, 7) is 10.1. The Kier molecular flexibility index (Phi) is 7.04. The van der Waals surface area contributed by atoms with Gasteiger partial charge in [0.1, 0.15) is 5.82 Å². The van der Waals surface area contributed by atoms with Crippen molar-refractivity contribution in [2.75, 3.05) is 26.2 Å². The quantitative estimate of drug-likeness (QED) is 0.553. The van der Waals surface area contributed by atoms with Gasteiger partial charge in [-0.3, -0.25) is 9.80 Å². The van der Waals surface area contributed by atoms with Crippen LogP contribution in [0.5, 0.6) is 0 Å². The van der Waals surface area contributed by atoms with Crippen LogP contribution in [0, 0.1) is 11.7 Å². The van der Waals surface area contributed by atoms with Crippen LogP contribution in [0.25, 0.3) is 0 Å². The van der Waals surface area contributed by atoms with E-state index in [0.29, 0.717) is 12.5 Å². The van der Waals surface area contributed by atoms with Crippen molar-refractivity contribution in [1.82, 2.24) is 30.0 Å². The third kappa shape index (κ3) is 5.74. The van der Waals surface area contributed by atoms with Crippen LogP contribution in [0.3, 0.4) is 0 Å². The van der Waals surface area contributed by atoms with Crippen LogP contribution in [0.15, 0.2) is 54.6 Å². The molecular formula is C24H31FN6. The molecule has 4 rings (SSSR count). The monoisotopic (exact) mass is 422 g/mol. The number of piperazine rings is 1. The molecular weight excluding hydrogens is 391 g/mol. The molecule has 0 unspecified atom stereocenters. The molecule has 0 aliphatic carbocycles. The summed E-state index contributed by atoms with van der Waals surface area (Å²) in [6.07, 6.45) is 1.00. The molecule has 0 saturated carbocycles. The summed E-state index contributed by atoms with van der Waals surface area (Å²) in [6, 6.07) is 17.4. The minimum absolute atomic E-state index is 0.175. The smallest absolute Gasteiger partial charge is 0.168 e. The zero-order valence-corrected chi connectivity index (χ0v) is 18.4. The van der Waals surface area contributed by atoms with Crippen molar-refractivity contribution in [3.63, 3.8) is 0 Å². The molecule has 31 heavy (non-hydrogen) atoms. The van der Waals surface area contributed by atoms with Crippen molar-refractivity contribution in [2.45, 2.75) is 39.4 Å². The molecule has 2 heterocycles. The van der Waals surface area contributed by atoms with Crippen LogP contribution < -0.4 is 0 Å². The van der Waals surface area contributed by atoms with E-state index < -0.39 is 0 Å². The predicted molar refractivity (Wildman–Crippen MR) is 119 cm³/mol. The van der Waals surface area contributed by atoms with Gasteiger partial charge in [0.25, 0.3) is 0 Å². The van der Waals surface area contributed by atoms with Gasteiger partial charge in [-0.15, -0.1) is 5.10 Å². The molecule has 1 aromatic heterocycles. The van der Waals surface area contributed by atoms with E-state index in [1.165, 1.54) is 17.7 Å². The predicted octanol–water partition coefficient (Wildman–Crippen LogP) is 3.77. The Morgan fingerprint density at radius 3 is 2.23 bits per heavy atom. The lowest BCUT2D eigenvalue weighted by atomic mass is 10.0. The molecule has 0 radical (unpaired) electrons. The van der Waals surface area contributed by atoms with E-state index >= 15 is 0 Å². The number of aromatic nitrogens is 4. The summed E-state index contributed by atoms with van der Waals surface area (Å²) in [7, 11) is 0. The largest absolute Gasteiger partial charge is 0.297 e. The topological polar surface area (TPSA) is 50.1 Å². The number of benzene rings is 2. The SMILES string of the molecule is CC(C)C[C@@H](c1nnnn1Cc1ccc(F)cc1)N1CCN(Cc2ccccc2)CC1. The normalized spacial score (nSPS) is 16.6. The van der Waals surface area contributed by atoms with Gasteiger partial charge in [0.15, 0.2) is 5.82 Å². The second-order valence-electron chi connectivity index (χ2n) is 8.76. The molecule has 3 aromatic rings. The highest BCUT2D eigenvalue weighted by atomic mass is 19.1. The maximum absolute atomic E-state index is 13.3. The lowest BCUT2D eigenvalue weighted by Crippen LogP contribution is -2.48. The van der Waals surface area contributed by atoms with Gasteiger partial charge < -0.3 is 0 Å². The van der Waals surface area contributed by atoms with Crippen LogP contribution in [-0.4, -0.2) is 56.2 Å². The fourth-order valence-electron chi connectivity index (χ4n) is 4.26. The highest BCUT2D eigenvalue weighted by Crippen LogP contribution is 2.28. The van der Waals surface area contributed by atoms with Gasteiger partial charge in [-0.05, 0) is 46.0 Å². The van der Waals surface area contributed by atoms with Gasteiger partial charge in [0.2, 0.25) is 0 Å². The van der Waals surface area contributed by atoms with Gasteiger partial charge >= 0.3 is 0 Å². The molecule has 0 amide bonds. The third-order valence-corrected chi connectivity index (χ3v) is 5.89. The average Bonchev–Trinajstić information content (AvgIpc) is 3.23. The van der Waals surface area contributed by atoms with E-state index in [2.05, 4.69) is 69.5 Å². The number of tetrazole rings is 1. The van der Waals surface area contributed by atoms with Crippen LogP contribution in [0.1, 0.15) is 43.3 Å². The molecule has 1 aliphatic rings. The number of hydrogen-bond acceptors (Lipinski definition) is 5. The maximum Gasteiger partial charge on any atom is 0.168 e. The third-order valence-electron chi connectivity index (χ3n) is 5.89. The Balaban J connectivity index is 1.45. The van der Waals surface area contributed by atoms with Gasteiger partial charge in [-0.2, -0.15) is 0 Å². The van der Waals surface area contributed by atoms with E-state index in [-0.39, 0.29) is 11.9 Å². The Hall–Kier alpha value is -2.64. The summed E-state index contributed by atoms with van der Waals surface area (Å²) in [5.74, 6) is 1.20. The molecule has 0 N–H and O–H groups in total. The summed E-state index contributed by atoms with van der Waals surface area (Å²) < 4.78 is 15.1. The highest BCUT2D eigenvalue weighted by Gasteiger charge is 2.29. The summed E-state index contributed by atoms with van der Waals surface area (Å²) >= 11 is 0. The molecule has 1 aliphatic heterocycles. The van der Waals surface area contributed by atoms with E-state index in [4.69, 9.17) is 0 Å². The summed E-state index contributed by atoms with van der Waals surface area (Å²) in [5.41, 5.74) is 2.35. The number of nitrogens with zero attached hydrogens (tertiary/aromatic N) is 6. The van der Waals surface area contributed by atoms with Crippen molar-refractivity contribution in [3.8, 4) is 0 Å². The average molecular weight is 423 g/mol. The molecule has 164 valence electrons. The first-order chi connectivity index (χ1) is 15.1. The zero-order valence-electron chi connectivity index (χ0n) is 18.4. The molecule has 1 fully saturated rings. The Morgan fingerprint density at radius 1 is 0.871 bits per heavy atom. The Morgan fingerprint density at radius 2 is 1.55 bits per heavy atom. The molecule has 1 saturated heterocycles. The van der Waals surface area contributed by atoms with E-state index in [1.807, 2.05) is 4.68 Å². The van der Waals surface area contributed by atoms with Crippen molar-refractivity contribution in [3.05, 3.63) is 77.4 Å². The summed E-state index contributed by atoms with van der Waals surface area (Å²) in [4.78, 5) is 5.04. The first-order valence-corrected chi connectivity index (χ1v) is 11.1. The molecule has 6 nitrogen and oxygen atoms in total. The number of rotatable bonds is 8. The Bertz CT molecular complexity index is 932. The fourth-order valence-corrected chi connectivity index (χ4v) is 4.26. The van der Waals surface area contributed by atoms with Gasteiger partial charge in [-0.25, -0.2) is 9.07 Å². The van der Waals surface area contributed by atoms with Gasteiger partial charge in [0, 0.05) is 32.7 Å². The van der Waals surface area contributed by atoms with Crippen molar-refractivity contribution in [1.29, 1.82) is 0 Å². The lowest BCUT2D eigenvalue weighted by Gasteiger charge is -2.39. The minimum Gasteiger partial charge on any atom is -0.297 e. The lowest BCUT2D eigenvalue weighted by molar-refractivity contribution is 0.0770.